The molecule has 20 heavy (non-hydrogen) atoms. The Hall–Kier alpha value is -0.810. The van der Waals surface area contributed by atoms with Crippen molar-refractivity contribution in [1.82, 2.24) is 15.5 Å². The van der Waals surface area contributed by atoms with Gasteiger partial charge in [0.2, 0.25) is 0 Å². The second kappa shape index (κ2) is 9.19. The average Bonchev–Trinajstić information content (AvgIpc) is 2.49. The van der Waals surface area contributed by atoms with E-state index in [0.29, 0.717) is 0 Å². The molecule has 0 unspecified atom stereocenters. The first-order valence-corrected chi connectivity index (χ1v) is 8.16. The van der Waals surface area contributed by atoms with Crippen molar-refractivity contribution in [3.63, 3.8) is 0 Å². The standard InChI is InChI=1S/C15H29N3O2/c19-15(16-7-6-14-4-2-1-3-5-14)17-8-9-18-10-12-20-13-11-18/h14H,1-13H2,(H2,16,17,19). The van der Waals surface area contributed by atoms with Gasteiger partial charge in [-0.15, -0.1) is 0 Å². The van der Waals surface area contributed by atoms with Crippen LogP contribution < -0.4 is 10.6 Å². The van der Waals surface area contributed by atoms with Crippen LogP contribution in [0.5, 0.6) is 0 Å². The number of hydrogen-bond acceptors (Lipinski definition) is 3. The summed E-state index contributed by atoms with van der Waals surface area (Å²) in [6.07, 6.45) is 7.97. The van der Waals surface area contributed by atoms with Crippen LogP contribution in [0.3, 0.4) is 0 Å². The number of hydrogen-bond donors (Lipinski definition) is 2. The fraction of sp³-hybridized carbons (Fsp3) is 0.933. The van der Waals surface area contributed by atoms with Crippen molar-refractivity contribution in [2.45, 2.75) is 38.5 Å². The van der Waals surface area contributed by atoms with E-state index in [-0.39, 0.29) is 6.03 Å². The zero-order chi connectivity index (χ0) is 14.0. The molecule has 0 radical (unpaired) electrons. The fourth-order valence-electron chi connectivity index (χ4n) is 3.08. The molecule has 0 spiro atoms. The third-order valence-corrected chi connectivity index (χ3v) is 4.38. The number of nitrogens with one attached hydrogen (secondary N) is 2. The van der Waals surface area contributed by atoms with Crippen molar-refractivity contribution in [3.8, 4) is 0 Å². The van der Waals surface area contributed by atoms with E-state index < -0.39 is 0 Å². The minimum Gasteiger partial charge on any atom is -0.379 e. The molecular weight excluding hydrogens is 254 g/mol. The van der Waals surface area contributed by atoms with Gasteiger partial charge in [0.25, 0.3) is 0 Å². The van der Waals surface area contributed by atoms with Gasteiger partial charge in [-0.3, -0.25) is 4.90 Å². The van der Waals surface area contributed by atoms with Crippen molar-refractivity contribution in [2.75, 3.05) is 45.9 Å². The number of ether oxygens (including phenoxy) is 1. The topological polar surface area (TPSA) is 53.6 Å². The van der Waals surface area contributed by atoms with Gasteiger partial charge in [-0.1, -0.05) is 32.1 Å². The normalized spacial score (nSPS) is 21.6. The molecule has 2 aliphatic rings. The summed E-state index contributed by atoms with van der Waals surface area (Å²) in [5.74, 6) is 0.831. The SMILES string of the molecule is O=C(NCCC1CCCCC1)NCCN1CCOCC1. The van der Waals surface area contributed by atoms with Crippen molar-refractivity contribution in [3.05, 3.63) is 0 Å². The third-order valence-electron chi connectivity index (χ3n) is 4.38. The molecule has 5 nitrogen and oxygen atoms in total. The molecule has 2 fully saturated rings. The van der Waals surface area contributed by atoms with E-state index in [1.807, 2.05) is 0 Å². The third kappa shape index (κ3) is 6.09. The Bertz CT molecular complexity index is 248. The van der Waals surface area contributed by atoms with Gasteiger partial charge < -0.3 is 15.4 Å². The van der Waals surface area contributed by atoms with Gasteiger partial charge in [0.1, 0.15) is 0 Å². The van der Waals surface area contributed by atoms with Crippen molar-refractivity contribution >= 4 is 6.03 Å². The number of carbonyl (C=O) groups excluding carboxylic acids is 1. The van der Waals surface area contributed by atoms with Gasteiger partial charge in [0.05, 0.1) is 13.2 Å². The Morgan fingerprint density at radius 1 is 1.05 bits per heavy atom. The van der Waals surface area contributed by atoms with Gasteiger partial charge in [-0.25, -0.2) is 4.79 Å². The highest BCUT2D eigenvalue weighted by atomic mass is 16.5. The lowest BCUT2D eigenvalue weighted by Gasteiger charge is -2.26. The molecule has 2 amide bonds. The van der Waals surface area contributed by atoms with E-state index >= 15 is 0 Å². The van der Waals surface area contributed by atoms with E-state index in [1.165, 1.54) is 32.1 Å². The predicted molar refractivity (Wildman–Crippen MR) is 79.9 cm³/mol. The average molecular weight is 283 g/mol. The number of morpholine rings is 1. The summed E-state index contributed by atoms with van der Waals surface area (Å²) in [4.78, 5) is 14.0. The van der Waals surface area contributed by atoms with Crippen molar-refractivity contribution in [1.29, 1.82) is 0 Å². The molecule has 116 valence electrons. The van der Waals surface area contributed by atoms with Crippen molar-refractivity contribution in [2.24, 2.45) is 5.92 Å². The lowest BCUT2D eigenvalue weighted by molar-refractivity contribution is 0.0387. The van der Waals surface area contributed by atoms with Crippen LogP contribution in [-0.2, 0) is 4.74 Å². The van der Waals surface area contributed by atoms with Crippen LogP contribution in [0.4, 0.5) is 4.79 Å². The van der Waals surface area contributed by atoms with Gasteiger partial charge in [0.15, 0.2) is 0 Å². The number of amides is 2. The Morgan fingerprint density at radius 2 is 1.75 bits per heavy atom. The number of rotatable bonds is 6. The highest BCUT2D eigenvalue weighted by Gasteiger charge is 2.13. The monoisotopic (exact) mass is 283 g/mol. The molecule has 0 aromatic heterocycles. The Balaban J connectivity index is 1.45. The van der Waals surface area contributed by atoms with Crippen LogP contribution in [0.1, 0.15) is 38.5 Å². The van der Waals surface area contributed by atoms with E-state index in [0.717, 1.165) is 58.3 Å². The van der Waals surface area contributed by atoms with Gasteiger partial charge in [0, 0.05) is 32.7 Å². The fourth-order valence-corrected chi connectivity index (χ4v) is 3.08. The summed E-state index contributed by atoms with van der Waals surface area (Å²) in [5, 5.41) is 5.91. The maximum absolute atomic E-state index is 11.7. The molecule has 1 aliphatic heterocycles. The largest absolute Gasteiger partial charge is 0.379 e. The molecule has 2 N–H and O–H groups in total. The molecule has 0 atom stereocenters. The van der Waals surface area contributed by atoms with Gasteiger partial charge >= 0.3 is 6.03 Å². The predicted octanol–water partition coefficient (Wildman–Crippen LogP) is 1.59. The molecule has 5 heteroatoms. The summed E-state index contributed by atoms with van der Waals surface area (Å²) in [6.45, 7) is 6.03. The Labute approximate surface area is 122 Å². The van der Waals surface area contributed by atoms with Crippen molar-refractivity contribution < 1.29 is 9.53 Å². The lowest BCUT2D eigenvalue weighted by Crippen LogP contribution is -2.44. The highest BCUT2D eigenvalue weighted by molar-refractivity contribution is 5.73. The summed E-state index contributed by atoms with van der Waals surface area (Å²) in [5.41, 5.74) is 0. The van der Waals surface area contributed by atoms with Crippen LogP contribution in [-0.4, -0.2) is 56.9 Å². The lowest BCUT2D eigenvalue weighted by atomic mass is 9.87. The first-order chi connectivity index (χ1) is 9.84. The maximum atomic E-state index is 11.7. The van der Waals surface area contributed by atoms with E-state index in [9.17, 15) is 4.79 Å². The smallest absolute Gasteiger partial charge is 0.314 e. The van der Waals surface area contributed by atoms with Gasteiger partial charge in [-0.05, 0) is 12.3 Å². The number of nitrogens with zero attached hydrogens (tertiary/aromatic N) is 1. The quantitative estimate of drug-likeness (QED) is 0.778. The first kappa shape index (κ1) is 15.6. The molecule has 0 bridgehead atoms. The molecule has 1 heterocycles. The van der Waals surface area contributed by atoms with E-state index in [1.54, 1.807) is 0 Å². The first-order valence-electron chi connectivity index (χ1n) is 8.16. The second-order valence-corrected chi connectivity index (χ2v) is 5.93. The second-order valence-electron chi connectivity index (χ2n) is 5.93. The Kier molecular flexibility index (Phi) is 7.15. The molecule has 1 saturated heterocycles. The minimum absolute atomic E-state index is 0.0194. The summed E-state index contributed by atoms with van der Waals surface area (Å²) >= 11 is 0. The summed E-state index contributed by atoms with van der Waals surface area (Å²) in [7, 11) is 0. The number of carbonyl (C=O) groups is 1. The van der Waals surface area contributed by atoms with E-state index in [2.05, 4.69) is 15.5 Å². The van der Waals surface area contributed by atoms with Crippen LogP contribution in [0.15, 0.2) is 0 Å². The zero-order valence-electron chi connectivity index (χ0n) is 12.5. The minimum atomic E-state index is -0.0194. The molecule has 0 aromatic carbocycles. The Morgan fingerprint density at radius 3 is 2.50 bits per heavy atom. The summed E-state index contributed by atoms with van der Waals surface area (Å²) < 4.78 is 5.30. The summed E-state index contributed by atoms with van der Waals surface area (Å²) in [6, 6.07) is -0.0194. The molecule has 2 rings (SSSR count). The van der Waals surface area contributed by atoms with Crippen LogP contribution in [0.2, 0.25) is 0 Å². The van der Waals surface area contributed by atoms with Crippen LogP contribution in [0.25, 0.3) is 0 Å². The number of urea groups is 1. The molecule has 1 aliphatic carbocycles. The zero-order valence-corrected chi connectivity index (χ0v) is 12.5. The maximum Gasteiger partial charge on any atom is 0.314 e. The van der Waals surface area contributed by atoms with Crippen LogP contribution in [0, 0.1) is 5.92 Å². The molecule has 0 aromatic rings. The molecule has 1 saturated carbocycles. The van der Waals surface area contributed by atoms with E-state index in [4.69, 9.17) is 4.74 Å². The molecular formula is C15H29N3O2. The van der Waals surface area contributed by atoms with Crippen LogP contribution >= 0.6 is 0 Å². The van der Waals surface area contributed by atoms with Gasteiger partial charge in [-0.2, -0.15) is 0 Å². The highest BCUT2D eigenvalue weighted by Crippen LogP contribution is 2.25.